The van der Waals surface area contributed by atoms with Crippen molar-refractivity contribution in [1.82, 2.24) is 5.32 Å². The smallest absolute Gasteiger partial charge is 0.339 e. The van der Waals surface area contributed by atoms with Crippen LogP contribution in [0.15, 0.2) is 83.1 Å². The molecule has 0 bridgehead atoms. The maximum Gasteiger partial charge on any atom is 0.339 e. The van der Waals surface area contributed by atoms with Crippen molar-refractivity contribution in [3.63, 3.8) is 0 Å². The molecule has 0 saturated heterocycles. The molecule has 1 aromatic carbocycles. The van der Waals surface area contributed by atoms with Crippen molar-refractivity contribution in [1.29, 1.82) is 0 Å². The van der Waals surface area contributed by atoms with Gasteiger partial charge in [-0.3, -0.25) is 0 Å². The van der Waals surface area contributed by atoms with Crippen molar-refractivity contribution in [3.8, 4) is 0 Å². The Labute approximate surface area is 200 Å². The lowest BCUT2D eigenvalue weighted by molar-refractivity contribution is -0.903. The number of nitrogens with zero attached hydrogens (tertiary/aromatic N) is 1. The Morgan fingerprint density at radius 2 is 2.00 bits per heavy atom. The molecule has 1 aliphatic rings. The maximum atomic E-state index is 11.7. The van der Waals surface area contributed by atoms with E-state index in [1.54, 1.807) is 25.5 Å². The summed E-state index contributed by atoms with van der Waals surface area (Å²) in [5, 5.41) is 3.05. The second-order valence-electron chi connectivity index (χ2n) is 7.80. The Bertz CT molecular complexity index is 1090. The molecule has 0 radical (unpaired) electrons. The number of carbonyl (C=O) groups excluding carboxylic acids is 1. The molecule has 2 atom stereocenters. The highest BCUT2D eigenvalue weighted by molar-refractivity contribution is 7.85. The fraction of sp³-hybridized carbons (Fsp3) is 0.292. The van der Waals surface area contributed by atoms with Crippen LogP contribution in [0, 0.1) is 0 Å². The largest absolute Gasteiger partial charge is 0.744 e. The lowest BCUT2D eigenvalue weighted by Gasteiger charge is -2.32. The molecule has 2 aromatic rings. The van der Waals surface area contributed by atoms with Gasteiger partial charge in [0.15, 0.2) is 0 Å². The van der Waals surface area contributed by atoms with Gasteiger partial charge >= 0.3 is 12.3 Å². The van der Waals surface area contributed by atoms with Gasteiger partial charge in [-0.2, -0.15) is 0 Å². The van der Waals surface area contributed by atoms with Crippen molar-refractivity contribution in [3.05, 3.63) is 85.1 Å². The van der Waals surface area contributed by atoms with Crippen LogP contribution in [0.4, 0.5) is 0 Å². The molecule has 184 valence electrons. The van der Waals surface area contributed by atoms with Crippen LogP contribution < -0.4 is 5.32 Å². The summed E-state index contributed by atoms with van der Waals surface area (Å²) in [5.41, 5.74) is 1.17. The third kappa shape index (κ3) is 8.31. The number of nitrogens with one attached hydrogen (secondary N) is 1. The highest BCUT2D eigenvalue weighted by Crippen LogP contribution is 2.18. The normalized spacial score (nSPS) is 19.0. The van der Waals surface area contributed by atoms with Gasteiger partial charge in [0, 0.05) is 12.0 Å². The van der Waals surface area contributed by atoms with Crippen LogP contribution in [0.3, 0.4) is 0 Å². The van der Waals surface area contributed by atoms with E-state index in [0.717, 1.165) is 24.3 Å². The van der Waals surface area contributed by atoms with Gasteiger partial charge in [0.1, 0.15) is 28.7 Å². The van der Waals surface area contributed by atoms with E-state index in [0.29, 0.717) is 23.3 Å². The van der Waals surface area contributed by atoms with Crippen LogP contribution in [0.25, 0.3) is 6.08 Å². The first-order valence-electron chi connectivity index (χ1n) is 10.5. The standard InChI is InChI=1S/C16H23N2O4.C8H8O3S/c1-13(2)15(19)22-16-17-7-9-18(16,3)8-5-10-20-12-14-6-4-11-21-14;1-2-7-3-5-8(6-4-7)12(9,10)11/h4,6-7,9,11,16-17H,1,5,8,10,12H2,2-3H3;2-6H,1H2,(H,9,10,11)/q+1;/p-1. The molecule has 34 heavy (non-hydrogen) atoms. The highest BCUT2D eigenvalue weighted by Gasteiger charge is 2.37. The molecule has 2 heterocycles. The first-order chi connectivity index (χ1) is 16.0. The van der Waals surface area contributed by atoms with E-state index in [9.17, 15) is 17.8 Å². The van der Waals surface area contributed by atoms with E-state index >= 15 is 0 Å². The average molecular weight is 491 g/mol. The minimum absolute atomic E-state index is 0.215. The number of hydrogen-bond donors (Lipinski definition) is 1. The minimum atomic E-state index is -4.31. The third-order valence-corrected chi connectivity index (χ3v) is 5.76. The summed E-state index contributed by atoms with van der Waals surface area (Å²) in [6, 6.07) is 9.30. The number of benzene rings is 1. The Hall–Kier alpha value is -3.18. The van der Waals surface area contributed by atoms with Crippen LogP contribution in [0.5, 0.6) is 0 Å². The van der Waals surface area contributed by atoms with Gasteiger partial charge in [-0.15, -0.1) is 0 Å². The predicted octanol–water partition coefficient (Wildman–Crippen LogP) is 3.34. The second-order valence-corrected chi connectivity index (χ2v) is 9.18. The molecule has 0 fully saturated rings. The molecule has 0 aliphatic carbocycles. The maximum absolute atomic E-state index is 11.7. The van der Waals surface area contributed by atoms with Crippen LogP contribution in [-0.2, 0) is 31.0 Å². The molecule has 1 aromatic heterocycles. The SMILES string of the molecule is C=C(C)C(=O)OC1NC=C[N+]1(C)CCCOCc1ccco1.C=Cc1ccc(S(=O)(=O)[O-])cc1. The molecule has 0 spiro atoms. The molecule has 0 amide bonds. The third-order valence-electron chi connectivity index (χ3n) is 4.91. The van der Waals surface area contributed by atoms with Gasteiger partial charge in [-0.25, -0.2) is 17.7 Å². The van der Waals surface area contributed by atoms with Gasteiger partial charge in [0.05, 0.1) is 37.6 Å². The topological polar surface area (TPSA) is 118 Å². The van der Waals surface area contributed by atoms with Gasteiger partial charge < -0.3 is 23.8 Å². The molecule has 0 saturated carbocycles. The number of furan rings is 1. The zero-order valence-electron chi connectivity index (χ0n) is 19.3. The number of rotatable bonds is 10. The van der Waals surface area contributed by atoms with Crippen molar-refractivity contribution >= 4 is 22.2 Å². The van der Waals surface area contributed by atoms with Crippen LogP contribution >= 0.6 is 0 Å². The lowest BCUT2D eigenvalue weighted by atomic mass is 10.2. The molecular weight excluding hydrogens is 460 g/mol. The molecule has 2 unspecified atom stereocenters. The van der Waals surface area contributed by atoms with E-state index in [4.69, 9.17) is 13.9 Å². The molecule has 9 nitrogen and oxygen atoms in total. The summed E-state index contributed by atoms with van der Waals surface area (Å²) in [4.78, 5) is 11.4. The number of quaternary nitrogens is 1. The number of carbonyl (C=O) groups is 1. The van der Waals surface area contributed by atoms with Crippen molar-refractivity contribution in [2.75, 3.05) is 20.2 Å². The first-order valence-corrected chi connectivity index (χ1v) is 11.9. The first kappa shape index (κ1) is 27.1. The van der Waals surface area contributed by atoms with E-state index in [1.807, 2.05) is 25.4 Å². The summed E-state index contributed by atoms with van der Waals surface area (Å²) < 4.78 is 48.0. The number of ether oxygens (including phenoxy) is 2. The summed E-state index contributed by atoms with van der Waals surface area (Å²) in [6.07, 6.45) is 7.40. The van der Waals surface area contributed by atoms with Crippen molar-refractivity contribution in [2.45, 2.75) is 31.2 Å². The quantitative estimate of drug-likeness (QED) is 0.177. The van der Waals surface area contributed by atoms with Crippen molar-refractivity contribution < 1.29 is 36.1 Å². The molecular formula is C24H30N2O7S. The van der Waals surface area contributed by atoms with Crippen LogP contribution in [0.1, 0.15) is 24.7 Å². The Balaban J connectivity index is 0.000000287. The predicted molar refractivity (Wildman–Crippen MR) is 125 cm³/mol. The fourth-order valence-electron chi connectivity index (χ4n) is 2.94. The molecule has 10 heteroatoms. The highest BCUT2D eigenvalue weighted by atomic mass is 32.2. The van der Waals surface area contributed by atoms with Gasteiger partial charge in [0.2, 0.25) is 0 Å². The Morgan fingerprint density at radius 3 is 2.56 bits per heavy atom. The summed E-state index contributed by atoms with van der Waals surface area (Å²) in [6.45, 7) is 10.6. The lowest BCUT2D eigenvalue weighted by Crippen LogP contribution is -2.52. The Kier molecular flexibility index (Phi) is 9.82. The summed E-state index contributed by atoms with van der Waals surface area (Å²) in [5.74, 6) is 0.427. The monoisotopic (exact) mass is 490 g/mol. The number of hydrogen-bond acceptors (Lipinski definition) is 8. The van der Waals surface area contributed by atoms with Gasteiger partial charge in [0.25, 0.3) is 0 Å². The Morgan fingerprint density at radius 1 is 1.29 bits per heavy atom. The van der Waals surface area contributed by atoms with Crippen LogP contribution in [0.2, 0.25) is 0 Å². The summed E-state index contributed by atoms with van der Waals surface area (Å²) >= 11 is 0. The van der Waals surface area contributed by atoms with Crippen molar-refractivity contribution in [2.24, 2.45) is 0 Å². The molecule has 3 rings (SSSR count). The molecule has 1 N–H and O–H groups in total. The summed E-state index contributed by atoms with van der Waals surface area (Å²) in [7, 11) is -2.31. The minimum Gasteiger partial charge on any atom is -0.744 e. The number of esters is 1. The zero-order valence-corrected chi connectivity index (χ0v) is 20.1. The van der Waals surface area contributed by atoms with E-state index in [2.05, 4.69) is 18.5 Å². The average Bonchev–Trinajstić information content (AvgIpc) is 3.43. The van der Waals surface area contributed by atoms with Crippen LogP contribution in [-0.4, -0.2) is 50.0 Å². The van der Waals surface area contributed by atoms with E-state index < -0.39 is 16.5 Å². The van der Waals surface area contributed by atoms with Gasteiger partial charge in [-0.05, 0) is 36.8 Å². The van der Waals surface area contributed by atoms with E-state index in [1.165, 1.54) is 24.3 Å². The van der Waals surface area contributed by atoms with Gasteiger partial charge in [-0.1, -0.05) is 31.4 Å². The van der Waals surface area contributed by atoms with E-state index in [-0.39, 0.29) is 10.9 Å². The second kappa shape index (κ2) is 12.3. The molecule has 1 aliphatic heterocycles. The zero-order chi connectivity index (χ0) is 25.2. The fourth-order valence-corrected chi connectivity index (χ4v) is 3.41.